The molecule has 6 heteroatoms. The number of hydrogen-bond acceptors (Lipinski definition) is 5. The smallest absolute Gasteiger partial charge is 0.306 e. The molecule has 3 aliphatic rings. The minimum Gasteiger partial charge on any atom is -0.459 e. The van der Waals surface area contributed by atoms with E-state index in [0.717, 1.165) is 57.1 Å². The fraction of sp³-hybridized carbons (Fsp3) is 0.464. The Kier molecular flexibility index (Phi) is 8.34. The summed E-state index contributed by atoms with van der Waals surface area (Å²) in [6.07, 6.45) is 19.2. The summed E-state index contributed by atoms with van der Waals surface area (Å²) in [4.78, 5) is 38.1. The average Bonchev–Trinajstić information content (AvgIpc) is 3.38. The van der Waals surface area contributed by atoms with Crippen molar-refractivity contribution in [1.29, 1.82) is 0 Å². The molecule has 0 bridgehead atoms. The Hall–Kier alpha value is -3.15. The van der Waals surface area contributed by atoms with Gasteiger partial charge in [0, 0.05) is 24.6 Å². The number of hydrogen-bond donors (Lipinski definition) is 1. The molecule has 0 spiro atoms. The minimum atomic E-state index is -0.164. The number of allylic oxidation sites excluding steroid dienone is 2. The third-order valence-corrected chi connectivity index (χ3v) is 6.70. The highest BCUT2D eigenvalue weighted by atomic mass is 16.5. The van der Waals surface area contributed by atoms with Crippen LogP contribution in [0, 0.1) is 5.92 Å². The summed E-state index contributed by atoms with van der Waals surface area (Å²) < 4.78 is 5.41. The minimum absolute atomic E-state index is 0.128. The second kappa shape index (κ2) is 11.8. The largest absolute Gasteiger partial charge is 0.459 e. The third-order valence-electron chi connectivity index (χ3n) is 6.70. The van der Waals surface area contributed by atoms with E-state index in [1.54, 1.807) is 24.3 Å². The molecule has 34 heavy (non-hydrogen) atoms. The molecule has 0 radical (unpaired) electrons. The molecule has 2 aliphatic heterocycles. The van der Waals surface area contributed by atoms with Gasteiger partial charge in [0.25, 0.3) is 11.8 Å². The number of benzene rings is 1. The molecule has 1 aliphatic carbocycles. The first-order chi connectivity index (χ1) is 16.6. The first-order valence-electron chi connectivity index (χ1n) is 12.6. The van der Waals surface area contributed by atoms with Gasteiger partial charge in [-0.3, -0.25) is 19.3 Å². The van der Waals surface area contributed by atoms with Crippen molar-refractivity contribution in [3.8, 4) is 0 Å². The van der Waals surface area contributed by atoms with Crippen LogP contribution in [0.3, 0.4) is 0 Å². The predicted molar refractivity (Wildman–Crippen MR) is 131 cm³/mol. The van der Waals surface area contributed by atoms with Gasteiger partial charge in [-0.1, -0.05) is 81.0 Å². The summed E-state index contributed by atoms with van der Waals surface area (Å²) in [6.45, 7) is 0.823. The van der Waals surface area contributed by atoms with Crippen molar-refractivity contribution in [2.75, 3.05) is 13.2 Å². The molecule has 1 aromatic rings. The Balaban J connectivity index is 0.976. The topological polar surface area (TPSA) is 75.7 Å². The van der Waals surface area contributed by atoms with Gasteiger partial charge in [-0.25, -0.2) is 0 Å². The van der Waals surface area contributed by atoms with Gasteiger partial charge in [0.1, 0.15) is 6.61 Å². The zero-order valence-electron chi connectivity index (χ0n) is 19.7. The van der Waals surface area contributed by atoms with Gasteiger partial charge in [0.15, 0.2) is 0 Å². The number of imide groups is 1. The Morgan fingerprint density at radius 3 is 2.15 bits per heavy atom. The van der Waals surface area contributed by atoms with Gasteiger partial charge in [-0.2, -0.15) is 0 Å². The van der Waals surface area contributed by atoms with Gasteiger partial charge in [0.05, 0.1) is 17.2 Å². The molecule has 2 heterocycles. The van der Waals surface area contributed by atoms with Crippen LogP contribution in [0.25, 0.3) is 0 Å². The predicted octanol–water partition coefficient (Wildman–Crippen LogP) is 4.93. The fourth-order valence-electron chi connectivity index (χ4n) is 4.78. The summed E-state index contributed by atoms with van der Waals surface area (Å²) in [5.74, 6) is -0.0943. The highest BCUT2D eigenvalue weighted by Gasteiger charge is 2.34. The summed E-state index contributed by atoms with van der Waals surface area (Å²) in [5.41, 5.74) is 2.04. The number of fused-ring (bicyclic) bond motifs is 2. The second-order valence-corrected chi connectivity index (χ2v) is 9.26. The third kappa shape index (κ3) is 6.04. The van der Waals surface area contributed by atoms with Gasteiger partial charge < -0.3 is 10.1 Å². The number of esters is 1. The number of carbonyl (C=O) groups is 3. The molecule has 180 valence electrons. The maximum atomic E-state index is 12.3. The quantitative estimate of drug-likeness (QED) is 0.255. The number of amides is 2. The molecule has 0 aromatic heterocycles. The first-order valence-corrected chi connectivity index (χ1v) is 12.6. The number of ether oxygens (including phenoxy) is 1. The van der Waals surface area contributed by atoms with E-state index in [4.69, 9.17) is 4.74 Å². The van der Waals surface area contributed by atoms with Crippen LogP contribution in [0.15, 0.2) is 60.3 Å². The summed E-state index contributed by atoms with van der Waals surface area (Å²) in [7, 11) is 0. The van der Waals surface area contributed by atoms with Crippen LogP contribution < -0.4 is 5.32 Å². The highest BCUT2D eigenvalue weighted by molar-refractivity contribution is 6.21. The fourth-order valence-corrected chi connectivity index (χ4v) is 4.78. The van der Waals surface area contributed by atoms with Crippen molar-refractivity contribution in [3.05, 3.63) is 71.5 Å². The van der Waals surface area contributed by atoms with E-state index in [0.29, 0.717) is 42.7 Å². The van der Waals surface area contributed by atoms with Crippen LogP contribution in [-0.2, 0) is 9.53 Å². The lowest BCUT2D eigenvalue weighted by Gasteiger charge is -2.16. The standard InChI is InChI=1S/C28H34N2O4/c31-26(34-20-22-19-21-13-8-11-16-25(21)29-22)17-7-5-3-1-2-4-6-12-18-30-27(32)23-14-9-10-15-24(23)28(30)33/h8-11,13-16,19,21,25,29H,1-7,12,17-18,20H2. The maximum Gasteiger partial charge on any atom is 0.306 e. The summed E-state index contributed by atoms with van der Waals surface area (Å²) >= 11 is 0. The van der Waals surface area contributed by atoms with E-state index >= 15 is 0 Å². The van der Waals surface area contributed by atoms with Crippen molar-refractivity contribution in [2.45, 2.75) is 63.8 Å². The molecule has 6 nitrogen and oxygen atoms in total. The normalized spacial score (nSPS) is 20.2. The SMILES string of the molecule is O=C(CCCCCCCCCCN1C(=O)c2ccccc2C1=O)OCC1=CC2C=CC=CC2N1. The molecule has 1 aromatic carbocycles. The number of unbranched alkanes of at least 4 members (excludes halogenated alkanes) is 7. The van der Waals surface area contributed by atoms with Crippen LogP contribution in [0.5, 0.6) is 0 Å². The lowest BCUT2D eigenvalue weighted by atomic mass is 9.98. The lowest BCUT2D eigenvalue weighted by molar-refractivity contribution is -0.142. The summed E-state index contributed by atoms with van der Waals surface area (Å²) in [6, 6.07) is 7.33. The number of carbonyl (C=O) groups excluding carboxylic acids is 3. The van der Waals surface area contributed by atoms with E-state index in [1.165, 1.54) is 4.90 Å². The molecule has 4 rings (SSSR count). The number of nitrogens with zero attached hydrogens (tertiary/aromatic N) is 1. The molecule has 1 N–H and O–H groups in total. The molecule has 2 unspecified atom stereocenters. The highest BCUT2D eigenvalue weighted by Crippen LogP contribution is 2.24. The van der Waals surface area contributed by atoms with Crippen molar-refractivity contribution < 1.29 is 19.1 Å². The lowest BCUT2D eigenvalue weighted by Crippen LogP contribution is -2.30. The van der Waals surface area contributed by atoms with E-state index in [9.17, 15) is 14.4 Å². The van der Waals surface area contributed by atoms with E-state index in [2.05, 4.69) is 23.5 Å². The molecule has 2 amide bonds. The van der Waals surface area contributed by atoms with Crippen LogP contribution in [0.4, 0.5) is 0 Å². The Labute approximate surface area is 201 Å². The number of rotatable bonds is 13. The molecular formula is C28H34N2O4. The molecule has 0 saturated carbocycles. The first kappa shape index (κ1) is 24.0. The Bertz CT molecular complexity index is 959. The van der Waals surface area contributed by atoms with Crippen molar-refractivity contribution in [2.24, 2.45) is 5.92 Å². The van der Waals surface area contributed by atoms with Crippen LogP contribution >= 0.6 is 0 Å². The number of nitrogens with one attached hydrogen (secondary N) is 1. The molecular weight excluding hydrogens is 428 g/mol. The van der Waals surface area contributed by atoms with Gasteiger partial charge in [-0.05, 0) is 25.0 Å². The van der Waals surface area contributed by atoms with E-state index < -0.39 is 0 Å². The van der Waals surface area contributed by atoms with E-state index in [1.807, 2.05) is 12.2 Å². The zero-order valence-corrected chi connectivity index (χ0v) is 19.7. The van der Waals surface area contributed by atoms with E-state index in [-0.39, 0.29) is 17.8 Å². The van der Waals surface area contributed by atoms with Crippen molar-refractivity contribution in [3.63, 3.8) is 0 Å². The molecule has 0 fully saturated rings. The monoisotopic (exact) mass is 462 g/mol. The second-order valence-electron chi connectivity index (χ2n) is 9.26. The van der Waals surface area contributed by atoms with Crippen LogP contribution in [0.1, 0.15) is 78.5 Å². The molecule has 0 saturated heterocycles. The van der Waals surface area contributed by atoms with Gasteiger partial charge in [-0.15, -0.1) is 0 Å². The van der Waals surface area contributed by atoms with Crippen molar-refractivity contribution in [1.82, 2.24) is 10.2 Å². The maximum absolute atomic E-state index is 12.3. The molecule has 2 atom stereocenters. The zero-order chi connectivity index (χ0) is 23.8. The van der Waals surface area contributed by atoms with Crippen molar-refractivity contribution >= 4 is 17.8 Å². The van der Waals surface area contributed by atoms with Gasteiger partial charge >= 0.3 is 5.97 Å². The average molecular weight is 463 g/mol. The van der Waals surface area contributed by atoms with Crippen LogP contribution in [0.2, 0.25) is 0 Å². The summed E-state index contributed by atoms with van der Waals surface area (Å²) in [5, 5.41) is 3.39. The Morgan fingerprint density at radius 2 is 1.47 bits per heavy atom. The Morgan fingerprint density at radius 1 is 0.853 bits per heavy atom. The van der Waals surface area contributed by atoms with Gasteiger partial charge in [0.2, 0.25) is 0 Å². The van der Waals surface area contributed by atoms with Crippen LogP contribution in [-0.4, -0.2) is 41.9 Å².